The van der Waals surface area contributed by atoms with Crippen molar-refractivity contribution < 1.29 is 19.1 Å². The summed E-state index contributed by atoms with van der Waals surface area (Å²) >= 11 is 5.34. The Morgan fingerprint density at radius 3 is 2.87 bits per heavy atom. The van der Waals surface area contributed by atoms with Crippen molar-refractivity contribution in [3.8, 4) is 0 Å². The zero-order chi connectivity index (χ0) is 11.4. The Balaban J connectivity index is 2.67. The third kappa shape index (κ3) is 2.82. The van der Waals surface area contributed by atoms with Crippen molar-refractivity contribution in [3.05, 3.63) is 0 Å². The Morgan fingerprint density at radius 1 is 1.67 bits per heavy atom. The summed E-state index contributed by atoms with van der Waals surface area (Å²) in [5.74, 6) is -2.20. The van der Waals surface area contributed by atoms with E-state index in [9.17, 15) is 14.4 Å². The van der Waals surface area contributed by atoms with Crippen molar-refractivity contribution in [1.29, 1.82) is 0 Å². The van der Waals surface area contributed by atoms with Crippen LogP contribution in [-0.2, 0) is 19.1 Å². The topological polar surface area (TPSA) is 75.7 Å². The molecule has 1 aliphatic rings. The average molecular weight is 235 g/mol. The zero-order valence-electron chi connectivity index (χ0n) is 8.16. The van der Waals surface area contributed by atoms with Crippen LogP contribution in [0.4, 0.5) is 0 Å². The number of hydrogen-bond donors (Lipinski definition) is 1. The number of carbonyl (C=O) groups excluding carboxylic acids is 3. The second-order valence-electron chi connectivity index (χ2n) is 3.10. The first-order valence-corrected chi connectivity index (χ1v) is 4.85. The van der Waals surface area contributed by atoms with Crippen molar-refractivity contribution in [2.24, 2.45) is 5.92 Å². The molecule has 0 bridgehead atoms. The molecule has 0 aliphatic carbocycles. The highest BCUT2D eigenvalue weighted by atomic mass is 35.5. The van der Waals surface area contributed by atoms with Crippen molar-refractivity contribution in [3.63, 3.8) is 0 Å². The van der Waals surface area contributed by atoms with E-state index >= 15 is 0 Å². The molecule has 2 amide bonds. The van der Waals surface area contributed by atoms with E-state index in [4.69, 9.17) is 11.6 Å². The first kappa shape index (κ1) is 11.8. The second kappa shape index (κ2) is 4.97. The highest BCUT2D eigenvalue weighted by Crippen LogP contribution is 2.12. The lowest BCUT2D eigenvalue weighted by Crippen LogP contribution is -2.55. The average Bonchev–Trinajstić information content (AvgIpc) is 2.26. The number of ether oxygens (including phenoxy) is 1. The van der Waals surface area contributed by atoms with Gasteiger partial charge in [-0.15, -0.1) is 11.6 Å². The Bertz CT molecular complexity index is 268. The summed E-state index contributed by atoms with van der Waals surface area (Å²) in [4.78, 5) is 33.6. The van der Waals surface area contributed by atoms with Gasteiger partial charge in [-0.1, -0.05) is 0 Å². The first-order chi connectivity index (χ1) is 7.08. The van der Waals surface area contributed by atoms with E-state index in [1.807, 2.05) is 0 Å². The van der Waals surface area contributed by atoms with E-state index in [-0.39, 0.29) is 18.8 Å². The minimum Gasteiger partial charge on any atom is -0.469 e. The molecule has 1 saturated heterocycles. The van der Waals surface area contributed by atoms with Gasteiger partial charge in [-0.25, -0.2) is 0 Å². The lowest BCUT2D eigenvalue weighted by molar-refractivity contribution is -0.156. The quantitative estimate of drug-likeness (QED) is 0.505. The van der Waals surface area contributed by atoms with E-state index in [1.165, 1.54) is 7.11 Å². The summed E-state index contributed by atoms with van der Waals surface area (Å²) in [5.41, 5.74) is 2.33. The van der Waals surface area contributed by atoms with Crippen LogP contribution in [-0.4, -0.2) is 42.3 Å². The standard InChI is InChI=1S/C8H11ClN2O4/c1-15-8(14)5-2-6(12)10-11(4-5)7(13)3-9/h5H,2-4H2,1H3,(H,10,12)/t5-/m0/s1. The summed E-state index contributed by atoms with van der Waals surface area (Å²) in [7, 11) is 1.24. The van der Waals surface area contributed by atoms with Gasteiger partial charge in [-0.3, -0.25) is 24.8 Å². The van der Waals surface area contributed by atoms with E-state index in [0.29, 0.717) is 0 Å². The maximum atomic E-state index is 11.2. The van der Waals surface area contributed by atoms with Crippen LogP contribution in [0.1, 0.15) is 6.42 Å². The Morgan fingerprint density at radius 2 is 2.33 bits per heavy atom. The lowest BCUT2D eigenvalue weighted by atomic mass is 10.0. The highest BCUT2D eigenvalue weighted by molar-refractivity contribution is 6.27. The Hall–Kier alpha value is -1.30. The number of carbonyl (C=O) groups is 3. The van der Waals surface area contributed by atoms with Gasteiger partial charge in [-0.05, 0) is 0 Å². The molecule has 0 aromatic rings. The summed E-state index contributed by atoms with van der Waals surface area (Å²) in [5, 5.41) is 1.04. The molecule has 1 atom stereocenters. The number of hydrogen-bond acceptors (Lipinski definition) is 4. The van der Waals surface area contributed by atoms with Crippen LogP contribution in [0.5, 0.6) is 0 Å². The molecule has 0 radical (unpaired) electrons. The number of alkyl halides is 1. The smallest absolute Gasteiger partial charge is 0.311 e. The maximum absolute atomic E-state index is 11.2. The summed E-state index contributed by atoms with van der Waals surface area (Å²) in [6.45, 7) is 0.101. The number of esters is 1. The Labute approximate surface area is 91.5 Å². The van der Waals surface area contributed by atoms with Gasteiger partial charge in [0.05, 0.1) is 19.6 Å². The molecule has 1 heterocycles. The SMILES string of the molecule is COC(=O)[C@H]1CC(=O)NN(C(=O)CCl)C1. The summed E-state index contributed by atoms with van der Waals surface area (Å²) in [6.07, 6.45) is 0.0265. The van der Waals surface area contributed by atoms with Crippen LogP contribution in [0.15, 0.2) is 0 Å². The van der Waals surface area contributed by atoms with Crippen LogP contribution >= 0.6 is 11.6 Å². The van der Waals surface area contributed by atoms with E-state index < -0.39 is 23.7 Å². The molecule has 1 rings (SSSR count). The van der Waals surface area contributed by atoms with Gasteiger partial charge in [0.25, 0.3) is 5.91 Å². The van der Waals surface area contributed by atoms with Crippen LogP contribution in [0.25, 0.3) is 0 Å². The van der Waals surface area contributed by atoms with Gasteiger partial charge in [0.1, 0.15) is 5.88 Å². The van der Waals surface area contributed by atoms with Crippen molar-refractivity contribution in [2.75, 3.05) is 19.5 Å². The van der Waals surface area contributed by atoms with Crippen molar-refractivity contribution in [2.45, 2.75) is 6.42 Å². The predicted molar refractivity (Wildman–Crippen MR) is 50.7 cm³/mol. The van der Waals surface area contributed by atoms with Gasteiger partial charge in [-0.2, -0.15) is 0 Å². The number of amides is 2. The lowest BCUT2D eigenvalue weighted by Gasteiger charge is -2.30. The summed E-state index contributed by atoms with van der Waals surface area (Å²) < 4.78 is 4.51. The number of hydrazine groups is 1. The zero-order valence-corrected chi connectivity index (χ0v) is 8.91. The predicted octanol–water partition coefficient (Wildman–Crippen LogP) is -0.722. The molecule has 1 fully saturated rings. The van der Waals surface area contributed by atoms with Crippen LogP contribution < -0.4 is 5.43 Å². The fourth-order valence-electron chi connectivity index (χ4n) is 1.31. The minimum absolute atomic E-state index is 0.0265. The molecule has 1 aliphatic heterocycles. The molecule has 0 aromatic carbocycles. The molecule has 6 nitrogen and oxygen atoms in total. The molecule has 0 unspecified atom stereocenters. The van der Waals surface area contributed by atoms with E-state index in [1.54, 1.807) is 0 Å². The molecule has 0 saturated carbocycles. The number of rotatable bonds is 2. The number of nitrogens with one attached hydrogen (secondary N) is 1. The van der Waals surface area contributed by atoms with Crippen LogP contribution in [0.2, 0.25) is 0 Å². The van der Waals surface area contributed by atoms with Gasteiger partial charge in [0.2, 0.25) is 5.91 Å². The van der Waals surface area contributed by atoms with Crippen LogP contribution in [0.3, 0.4) is 0 Å². The van der Waals surface area contributed by atoms with Gasteiger partial charge < -0.3 is 4.74 Å². The number of nitrogens with zero attached hydrogens (tertiary/aromatic N) is 1. The van der Waals surface area contributed by atoms with Crippen molar-refractivity contribution in [1.82, 2.24) is 10.4 Å². The van der Waals surface area contributed by atoms with Gasteiger partial charge in [0, 0.05) is 6.42 Å². The molecule has 1 N–H and O–H groups in total. The molecule has 15 heavy (non-hydrogen) atoms. The molecule has 84 valence electrons. The van der Waals surface area contributed by atoms with E-state index in [0.717, 1.165) is 5.01 Å². The molecule has 7 heteroatoms. The first-order valence-electron chi connectivity index (χ1n) is 4.32. The third-order valence-electron chi connectivity index (χ3n) is 2.04. The maximum Gasteiger partial charge on any atom is 0.311 e. The number of halogens is 1. The normalized spacial score (nSPS) is 20.8. The fraction of sp³-hybridized carbons (Fsp3) is 0.625. The monoisotopic (exact) mass is 234 g/mol. The van der Waals surface area contributed by atoms with Crippen LogP contribution in [0, 0.1) is 5.92 Å². The second-order valence-corrected chi connectivity index (χ2v) is 3.36. The van der Waals surface area contributed by atoms with Crippen molar-refractivity contribution >= 4 is 29.4 Å². The summed E-state index contributed by atoms with van der Waals surface area (Å²) in [6, 6.07) is 0. The molecular weight excluding hydrogens is 224 g/mol. The van der Waals surface area contributed by atoms with Gasteiger partial charge >= 0.3 is 5.97 Å². The fourth-order valence-corrected chi connectivity index (χ4v) is 1.46. The molecular formula is C8H11ClN2O4. The van der Waals surface area contributed by atoms with E-state index in [2.05, 4.69) is 10.2 Å². The third-order valence-corrected chi connectivity index (χ3v) is 2.27. The largest absolute Gasteiger partial charge is 0.469 e. The molecule has 0 spiro atoms. The van der Waals surface area contributed by atoms with Gasteiger partial charge in [0.15, 0.2) is 0 Å². The number of methoxy groups -OCH3 is 1. The molecule has 0 aromatic heterocycles. The minimum atomic E-state index is -0.615. The Kier molecular flexibility index (Phi) is 3.90. The highest BCUT2D eigenvalue weighted by Gasteiger charge is 2.32.